The van der Waals surface area contributed by atoms with Gasteiger partial charge in [0, 0.05) is 0 Å². The highest BCUT2D eigenvalue weighted by Crippen LogP contribution is 2.07. The Hall–Kier alpha value is -1.79. The minimum Gasteiger partial charge on any atom is -0.481 e. The lowest BCUT2D eigenvalue weighted by Crippen LogP contribution is -2.47. The highest BCUT2D eigenvalue weighted by atomic mass is 16.6. The lowest BCUT2D eigenvalue weighted by molar-refractivity contribution is -0.139. The average Bonchev–Trinajstić information content (AvgIpc) is 1.97. The summed E-state index contributed by atoms with van der Waals surface area (Å²) in [5.74, 6) is -2.16. The average molecular weight is 232 g/mol. The Morgan fingerprint density at radius 3 is 2.19 bits per heavy atom. The quantitative estimate of drug-likeness (QED) is 0.622. The molecule has 16 heavy (non-hydrogen) atoms. The lowest BCUT2D eigenvalue weighted by atomic mass is 10.2. The van der Waals surface area contributed by atoms with Crippen LogP contribution >= 0.6 is 0 Å². The molecule has 0 aromatic carbocycles. The summed E-state index contributed by atoms with van der Waals surface area (Å²) in [6.45, 7) is 4.93. The summed E-state index contributed by atoms with van der Waals surface area (Å²) in [5.41, 5.74) is 4.20. The molecule has 0 fully saturated rings. The molecule has 92 valence electrons. The number of carboxylic acids is 1. The zero-order valence-corrected chi connectivity index (χ0v) is 9.44. The van der Waals surface area contributed by atoms with Crippen molar-refractivity contribution in [2.45, 2.75) is 38.8 Å². The van der Waals surface area contributed by atoms with Crippen LogP contribution in [-0.4, -0.2) is 34.7 Å². The van der Waals surface area contributed by atoms with Crippen molar-refractivity contribution in [1.29, 1.82) is 0 Å². The molecule has 0 aliphatic carbocycles. The van der Waals surface area contributed by atoms with E-state index in [1.807, 2.05) is 0 Å². The van der Waals surface area contributed by atoms with Crippen LogP contribution in [0.15, 0.2) is 0 Å². The minimum absolute atomic E-state index is 0.575. The van der Waals surface area contributed by atoms with E-state index in [0.717, 1.165) is 0 Å². The molecule has 0 unspecified atom stereocenters. The number of rotatable bonds is 4. The Balaban J connectivity index is 4.35. The molecule has 1 atom stereocenters. The first-order valence-corrected chi connectivity index (χ1v) is 4.62. The van der Waals surface area contributed by atoms with E-state index >= 15 is 0 Å². The molecule has 0 saturated heterocycles. The van der Waals surface area contributed by atoms with Crippen LogP contribution in [0, 0.1) is 0 Å². The maximum Gasteiger partial charge on any atom is 0.408 e. The monoisotopic (exact) mass is 232 g/mol. The molecule has 7 heteroatoms. The van der Waals surface area contributed by atoms with Crippen LogP contribution in [-0.2, 0) is 14.3 Å². The summed E-state index contributed by atoms with van der Waals surface area (Å²) in [4.78, 5) is 32.4. The van der Waals surface area contributed by atoms with Gasteiger partial charge >= 0.3 is 12.1 Å². The first kappa shape index (κ1) is 14.2. The fraction of sp³-hybridized carbons (Fsp3) is 0.667. The van der Waals surface area contributed by atoms with Crippen molar-refractivity contribution in [3.8, 4) is 0 Å². The van der Waals surface area contributed by atoms with Crippen molar-refractivity contribution >= 4 is 18.0 Å². The predicted molar refractivity (Wildman–Crippen MR) is 54.6 cm³/mol. The normalized spacial score (nSPS) is 12.7. The third-order valence-electron chi connectivity index (χ3n) is 1.41. The van der Waals surface area contributed by atoms with Crippen molar-refractivity contribution in [2.24, 2.45) is 5.73 Å². The second kappa shape index (κ2) is 5.34. The fourth-order valence-corrected chi connectivity index (χ4v) is 0.847. The van der Waals surface area contributed by atoms with E-state index < -0.39 is 36.0 Å². The van der Waals surface area contributed by atoms with Gasteiger partial charge in [-0.3, -0.25) is 9.59 Å². The number of hydrogen-bond donors (Lipinski definition) is 3. The molecular formula is C9H16N2O5. The zero-order valence-electron chi connectivity index (χ0n) is 9.44. The van der Waals surface area contributed by atoms with Crippen LogP contribution in [0.25, 0.3) is 0 Å². The van der Waals surface area contributed by atoms with E-state index in [1.54, 1.807) is 20.8 Å². The second-order valence-electron chi connectivity index (χ2n) is 4.20. The third kappa shape index (κ3) is 6.63. The van der Waals surface area contributed by atoms with Gasteiger partial charge in [-0.15, -0.1) is 0 Å². The van der Waals surface area contributed by atoms with Crippen LogP contribution < -0.4 is 11.1 Å². The zero-order chi connectivity index (χ0) is 12.9. The Bertz CT molecular complexity index is 295. The highest BCUT2D eigenvalue weighted by molar-refractivity contribution is 5.88. The first-order valence-electron chi connectivity index (χ1n) is 4.62. The molecule has 0 heterocycles. The van der Waals surface area contributed by atoms with Gasteiger partial charge < -0.3 is 20.9 Å². The molecule has 0 aliphatic rings. The number of alkyl carbamates (subject to hydrolysis) is 1. The maximum atomic E-state index is 11.2. The van der Waals surface area contributed by atoms with Gasteiger partial charge in [0.1, 0.15) is 11.6 Å². The van der Waals surface area contributed by atoms with Gasteiger partial charge in [-0.1, -0.05) is 0 Å². The van der Waals surface area contributed by atoms with Crippen LogP contribution in [0.1, 0.15) is 27.2 Å². The topological polar surface area (TPSA) is 119 Å². The molecule has 0 bridgehead atoms. The Labute approximate surface area is 92.9 Å². The standard InChI is InChI=1S/C9H16N2O5/c1-9(2,3)16-8(15)11-5(7(10)14)4-6(12)13/h5H,4H2,1-3H3,(H2,10,14)(H,11,15)(H,12,13)/t5-/m0/s1. The number of carbonyl (C=O) groups excluding carboxylic acids is 2. The summed E-state index contributed by atoms with van der Waals surface area (Å²) in [5, 5.41) is 10.6. The molecule has 7 nitrogen and oxygen atoms in total. The van der Waals surface area contributed by atoms with Crippen molar-refractivity contribution in [1.82, 2.24) is 5.32 Å². The summed E-state index contributed by atoms with van der Waals surface area (Å²) >= 11 is 0. The van der Waals surface area contributed by atoms with Gasteiger partial charge in [-0.05, 0) is 20.8 Å². The van der Waals surface area contributed by atoms with Crippen LogP contribution in [0.3, 0.4) is 0 Å². The molecule has 2 amide bonds. The van der Waals surface area contributed by atoms with Crippen LogP contribution in [0.2, 0.25) is 0 Å². The molecule has 4 N–H and O–H groups in total. The Morgan fingerprint density at radius 1 is 1.38 bits per heavy atom. The number of carboxylic acid groups (broad SMARTS) is 1. The molecule has 0 saturated carbocycles. The van der Waals surface area contributed by atoms with E-state index in [0.29, 0.717) is 0 Å². The van der Waals surface area contributed by atoms with E-state index in [-0.39, 0.29) is 0 Å². The largest absolute Gasteiger partial charge is 0.481 e. The molecule has 0 rings (SSSR count). The van der Waals surface area contributed by atoms with E-state index in [4.69, 9.17) is 15.6 Å². The highest BCUT2D eigenvalue weighted by Gasteiger charge is 2.24. The molecule has 0 aromatic rings. The first-order chi connectivity index (χ1) is 7.11. The number of aliphatic carboxylic acids is 1. The number of ether oxygens (including phenoxy) is 1. The smallest absolute Gasteiger partial charge is 0.408 e. The van der Waals surface area contributed by atoms with Crippen molar-refractivity contribution in [2.75, 3.05) is 0 Å². The number of nitrogens with two attached hydrogens (primary N) is 1. The Morgan fingerprint density at radius 2 is 1.88 bits per heavy atom. The van der Waals surface area contributed by atoms with Gasteiger partial charge in [0.25, 0.3) is 0 Å². The minimum atomic E-state index is -1.27. The number of nitrogens with one attached hydrogen (secondary N) is 1. The maximum absolute atomic E-state index is 11.2. The van der Waals surface area contributed by atoms with E-state index in [2.05, 4.69) is 5.32 Å². The SMILES string of the molecule is CC(C)(C)OC(=O)N[C@@H](CC(=O)O)C(N)=O. The lowest BCUT2D eigenvalue weighted by Gasteiger charge is -2.21. The molecule has 0 aliphatic heterocycles. The Kier molecular flexibility index (Phi) is 4.74. The molecule has 0 aromatic heterocycles. The van der Waals surface area contributed by atoms with Gasteiger partial charge in [-0.25, -0.2) is 4.79 Å². The number of hydrogen-bond acceptors (Lipinski definition) is 4. The van der Waals surface area contributed by atoms with Crippen molar-refractivity contribution < 1.29 is 24.2 Å². The summed E-state index contributed by atoms with van der Waals surface area (Å²) in [7, 11) is 0. The van der Waals surface area contributed by atoms with E-state index in [9.17, 15) is 14.4 Å². The fourth-order valence-electron chi connectivity index (χ4n) is 0.847. The van der Waals surface area contributed by atoms with Crippen molar-refractivity contribution in [3.05, 3.63) is 0 Å². The number of amides is 2. The summed E-state index contributed by atoms with van der Waals surface area (Å²) in [6.07, 6.45) is -1.45. The van der Waals surface area contributed by atoms with Gasteiger partial charge in [-0.2, -0.15) is 0 Å². The second-order valence-corrected chi connectivity index (χ2v) is 4.20. The van der Waals surface area contributed by atoms with E-state index in [1.165, 1.54) is 0 Å². The predicted octanol–water partition coefficient (Wildman–Crippen LogP) is -0.160. The molecular weight excluding hydrogens is 216 g/mol. The van der Waals surface area contributed by atoms with Crippen LogP contribution in [0.4, 0.5) is 4.79 Å². The summed E-state index contributed by atoms with van der Waals surface area (Å²) in [6, 6.07) is -1.27. The van der Waals surface area contributed by atoms with Crippen LogP contribution in [0.5, 0.6) is 0 Å². The third-order valence-corrected chi connectivity index (χ3v) is 1.41. The van der Waals surface area contributed by atoms with Crippen molar-refractivity contribution in [3.63, 3.8) is 0 Å². The molecule has 0 spiro atoms. The van der Waals surface area contributed by atoms with Gasteiger partial charge in [0.05, 0.1) is 6.42 Å². The number of primary amides is 1. The van der Waals surface area contributed by atoms with Gasteiger partial charge in [0.15, 0.2) is 0 Å². The number of carbonyl (C=O) groups is 3. The van der Waals surface area contributed by atoms with Gasteiger partial charge in [0.2, 0.25) is 5.91 Å². The molecule has 0 radical (unpaired) electrons. The summed E-state index contributed by atoms with van der Waals surface area (Å²) < 4.78 is 4.85.